The maximum absolute atomic E-state index is 12.4. The van der Waals surface area contributed by atoms with Gasteiger partial charge in [0.05, 0.1) is 7.11 Å². The minimum atomic E-state index is 0.0557. The first-order chi connectivity index (χ1) is 9.13. The van der Waals surface area contributed by atoms with E-state index in [2.05, 4.69) is 6.92 Å². The minimum absolute atomic E-state index is 0.0557. The average molecular weight is 262 g/mol. The Morgan fingerprint density at radius 3 is 2.63 bits per heavy atom. The van der Waals surface area contributed by atoms with E-state index in [0.29, 0.717) is 17.0 Å². The summed E-state index contributed by atoms with van der Waals surface area (Å²) in [6, 6.07) is 5.20. The summed E-state index contributed by atoms with van der Waals surface area (Å²) in [7, 11) is 1.58. The van der Waals surface area contributed by atoms with E-state index in [4.69, 9.17) is 10.5 Å². The molecule has 1 fully saturated rings. The van der Waals surface area contributed by atoms with Gasteiger partial charge in [-0.1, -0.05) is 13.3 Å². The summed E-state index contributed by atoms with van der Waals surface area (Å²) in [4.78, 5) is 14.3. The molecule has 4 nitrogen and oxygen atoms in total. The lowest BCUT2D eigenvalue weighted by atomic mass is 9.94. The lowest BCUT2D eigenvalue weighted by Crippen LogP contribution is -2.38. The maximum atomic E-state index is 12.4. The molecule has 1 aromatic rings. The van der Waals surface area contributed by atoms with Crippen LogP contribution in [0.5, 0.6) is 5.75 Å². The fourth-order valence-electron chi connectivity index (χ4n) is 2.59. The Balaban J connectivity index is 2.09. The van der Waals surface area contributed by atoms with Crippen LogP contribution in [0.2, 0.25) is 0 Å². The van der Waals surface area contributed by atoms with Gasteiger partial charge in [-0.05, 0) is 30.9 Å². The van der Waals surface area contributed by atoms with Gasteiger partial charge in [0, 0.05) is 30.4 Å². The second kappa shape index (κ2) is 5.95. The lowest BCUT2D eigenvalue weighted by Gasteiger charge is -2.31. The van der Waals surface area contributed by atoms with Crippen molar-refractivity contribution in [2.45, 2.75) is 26.2 Å². The van der Waals surface area contributed by atoms with Crippen LogP contribution in [-0.4, -0.2) is 31.0 Å². The molecule has 104 valence electrons. The molecule has 0 aliphatic carbocycles. The number of hydrogen-bond acceptors (Lipinski definition) is 3. The van der Waals surface area contributed by atoms with Crippen LogP contribution in [0.25, 0.3) is 0 Å². The Kier molecular flexibility index (Phi) is 4.30. The number of hydrogen-bond donors (Lipinski definition) is 1. The smallest absolute Gasteiger partial charge is 0.254 e. The number of nitrogens with zero attached hydrogens (tertiary/aromatic N) is 1. The van der Waals surface area contributed by atoms with E-state index in [-0.39, 0.29) is 5.91 Å². The van der Waals surface area contributed by atoms with E-state index in [1.54, 1.807) is 25.3 Å². The number of rotatable bonds is 3. The van der Waals surface area contributed by atoms with Crippen molar-refractivity contribution < 1.29 is 9.53 Å². The van der Waals surface area contributed by atoms with E-state index in [1.165, 1.54) is 6.42 Å². The van der Waals surface area contributed by atoms with Crippen molar-refractivity contribution in [1.82, 2.24) is 4.90 Å². The maximum Gasteiger partial charge on any atom is 0.254 e. The molecule has 0 saturated carbocycles. The molecule has 4 heteroatoms. The number of anilines is 1. The van der Waals surface area contributed by atoms with Gasteiger partial charge in [-0.25, -0.2) is 0 Å². The van der Waals surface area contributed by atoms with Crippen LogP contribution in [0.15, 0.2) is 18.2 Å². The molecule has 0 unspecified atom stereocenters. The summed E-state index contributed by atoms with van der Waals surface area (Å²) in [5.74, 6) is 1.45. The van der Waals surface area contributed by atoms with Gasteiger partial charge < -0.3 is 15.4 Å². The molecule has 1 aromatic carbocycles. The summed E-state index contributed by atoms with van der Waals surface area (Å²) in [5, 5.41) is 0. The van der Waals surface area contributed by atoms with Gasteiger partial charge in [-0.2, -0.15) is 0 Å². The molecule has 0 radical (unpaired) electrons. The third-order valence-electron chi connectivity index (χ3n) is 3.89. The summed E-state index contributed by atoms with van der Waals surface area (Å²) in [6.45, 7) is 3.90. The molecule has 0 bridgehead atoms. The predicted molar refractivity (Wildman–Crippen MR) is 76.3 cm³/mol. The van der Waals surface area contributed by atoms with Crippen LogP contribution in [0, 0.1) is 5.92 Å². The van der Waals surface area contributed by atoms with Crippen LogP contribution in [-0.2, 0) is 0 Å². The Labute approximate surface area is 114 Å². The molecule has 0 spiro atoms. The first kappa shape index (κ1) is 13.7. The van der Waals surface area contributed by atoms with Crippen molar-refractivity contribution in [3.05, 3.63) is 23.8 Å². The molecule has 1 heterocycles. The number of carbonyl (C=O) groups is 1. The zero-order chi connectivity index (χ0) is 13.8. The van der Waals surface area contributed by atoms with E-state index in [9.17, 15) is 4.79 Å². The quantitative estimate of drug-likeness (QED) is 0.852. The van der Waals surface area contributed by atoms with E-state index in [1.807, 2.05) is 4.90 Å². The third kappa shape index (κ3) is 3.19. The molecule has 2 rings (SSSR count). The molecule has 1 aliphatic heterocycles. The highest BCUT2D eigenvalue weighted by Gasteiger charge is 2.23. The van der Waals surface area contributed by atoms with Crippen molar-refractivity contribution in [3.8, 4) is 5.75 Å². The van der Waals surface area contributed by atoms with Crippen molar-refractivity contribution in [2.75, 3.05) is 25.9 Å². The lowest BCUT2D eigenvalue weighted by molar-refractivity contribution is 0.0688. The topological polar surface area (TPSA) is 55.6 Å². The second-order valence-corrected chi connectivity index (χ2v) is 5.14. The normalized spacial score (nSPS) is 16.4. The first-order valence-corrected chi connectivity index (χ1v) is 6.88. The number of nitrogen functional groups attached to an aromatic ring is 1. The Morgan fingerprint density at radius 1 is 1.37 bits per heavy atom. The van der Waals surface area contributed by atoms with Gasteiger partial charge >= 0.3 is 0 Å². The zero-order valence-corrected chi connectivity index (χ0v) is 11.7. The van der Waals surface area contributed by atoms with Crippen molar-refractivity contribution in [2.24, 2.45) is 5.92 Å². The first-order valence-electron chi connectivity index (χ1n) is 6.88. The van der Waals surface area contributed by atoms with Gasteiger partial charge in [0.25, 0.3) is 5.91 Å². The molecule has 1 amide bonds. The van der Waals surface area contributed by atoms with Crippen molar-refractivity contribution >= 4 is 11.6 Å². The Hall–Kier alpha value is -1.71. The number of methoxy groups -OCH3 is 1. The summed E-state index contributed by atoms with van der Waals surface area (Å²) < 4.78 is 5.16. The monoisotopic (exact) mass is 262 g/mol. The summed E-state index contributed by atoms with van der Waals surface area (Å²) in [5.41, 5.74) is 6.97. The van der Waals surface area contributed by atoms with Crippen molar-refractivity contribution in [1.29, 1.82) is 0 Å². The molecule has 1 saturated heterocycles. The summed E-state index contributed by atoms with van der Waals surface area (Å²) in [6.07, 6.45) is 3.40. The van der Waals surface area contributed by atoms with Gasteiger partial charge in [0.1, 0.15) is 5.75 Å². The Bertz CT molecular complexity index is 451. The average Bonchev–Trinajstić information content (AvgIpc) is 2.46. The molecule has 19 heavy (non-hydrogen) atoms. The highest BCUT2D eigenvalue weighted by atomic mass is 16.5. The molecule has 1 aliphatic rings. The highest BCUT2D eigenvalue weighted by molar-refractivity contribution is 5.95. The highest BCUT2D eigenvalue weighted by Crippen LogP contribution is 2.24. The third-order valence-corrected chi connectivity index (χ3v) is 3.89. The molecular formula is C15H22N2O2. The molecular weight excluding hydrogens is 240 g/mol. The Morgan fingerprint density at radius 2 is 2.05 bits per heavy atom. The van der Waals surface area contributed by atoms with Crippen LogP contribution in [0.4, 0.5) is 5.69 Å². The number of likely N-dealkylation sites (tertiary alicyclic amines) is 1. The molecule has 0 atom stereocenters. The molecule has 2 N–H and O–H groups in total. The fraction of sp³-hybridized carbons (Fsp3) is 0.533. The fourth-order valence-corrected chi connectivity index (χ4v) is 2.59. The zero-order valence-electron chi connectivity index (χ0n) is 11.7. The van der Waals surface area contributed by atoms with Gasteiger partial charge in [0.15, 0.2) is 0 Å². The number of ether oxygens (including phenoxy) is 1. The van der Waals surface area contributed by atoms with E-state index < -0.39 is 0 Å². The minimum Gasteiger partial charge on any atom is -0.497 e. The van der Waals surface area contributed by atoms with Gasteiger partial charge in [-0.15, -0.1) is 0 Å². The van der Waals surface area contributed by atoms with E-state index >= 15 is 0 Å². The van der Waals surface area contributed by atoms with E-state index in [0.717, 1.165) is 31.8 Å². The second-order valence-electron chi connectivity index (χ2n) is 5.14. The number of benzene rings is 1. The summed E-state index contributed by atoms with van der Waals surface area (Å²) >= 11 is 0. The van der Waals surface area contributed by atoms with Crippen LogP contribution in [0.1, 0.15) is 36.5 Å². The number of carbonyl (C=O) groups excluding carboxylic acids is 1. The van der Waals surface area contributed by atoms with Crippen LogP contribution < -0.4 is 10.5 Å². The molecule has 0 aromatic heterocycles. The largest absolute Gasteiger partial charge is 0.497 e. The standard InChI is InChI=1S/C15H22N2O2/c1-3-11-4-6-17(7-5-11)15(18)12-8-13(16)10-14(9-12)19-2/h8-11H,3-7,16H2,1-2H3. The van der Waals surface area contributed by atoms with Crippen LogP contribution >= 0.6 is 0 Å². The van der Waals surface area contributed by atoms with Gasteiger partial charge in [-0.3, -0.25) is 4.79 Å². The number of piperidine rings is 1. The van der Waals surface area contributed by atoms with Crippen molar-refractivity contribution in [3.63, 3.8) is 0 Å². The van der Waals surface area contributed by atoms with Crippen LogP contribution in [0.3, 0.4) is 0 Å². The SMILES string of the molecule is CCC1CCN(C(=O)c2cc(N)cc(OC)c2)CC1. The predicted octanol–water partition coefficient (Wildman–Crippen LogP) is 2.54. The number of amides is 1. The number of nitrogens with two attached hydrogens (primary N) is 1. The van der Waals surface area contributed by atoms with Gasteiger partial charge in [0.2, 0.25) is 0 Å².